The van der Waals surface area contributed by atoms with Crippen LogP contribution in [0.5, 0.6) is 5.75 Å². The highest BCUT2D eigenvalue weighted by Crippen LogP contribution is 2.27. The number of benzene rings is 1. The molecule has 0 spiro atoms. The molecular weight excluding hydrogens is 265 g/mol. The summed E-state index contributed by atoms with van der Waals surface area (Å²) in [6.45, 7) is 2.54. The fourth-order valence-corrected chi connectivity index (χ4v) is 1.86. The van der Waals surface area contributed by atoms with Gasteiger partial charge in [-0.2, -0.15) is 0 Å². The number of esters is 1. The van der Waals surface area contributed by atoms with Crippen molar-refractivity contribution in [2.24, 2.45) is 0 Å². The molecule has 1 aromatic carbocycles. The quantitative estimate of drug-likeness (QED) is 0.329. The summed E-state index contributed by atoms with van der Waals surface area (Å²) in [7, 11) is -1.22. The lowest BCUT2D eigenvalue weighted by atomic mass is 9.78. The lowest BCUT2D eigenvalue weighted by Gasteiger charge is -2.14. The number of hydrogen-bond donors (Lipinski definition) is 2. The van der Waals surface area contributed by atoms with Crippen molar-refractivity contribution in [3.8, 4) is 5.75 Å². The molecule has 0 aliphatic carbocycles. The number of rotatable bonds is 3. The van der Waals surface area contributed by atoms with Crippen LogP contribution in [-0.2, 0) is 25.6 Å². The monoisotopic (exact) mass is 277 g/mol. The van der Waals surface area contributed by atoms with Gasteiger partial charge >= 0.3 is 13.1 Å². The topological polar surface area (TPSA) is 102 Å². The number of anilines is 1. The number of carbonyl (C=O) groups is 3. The molecule has 2 rings (SSSR count). The number of amides is 1. The summed E-state index contributed by atoms with van der Waals surface area (Å²) >= 11 is 0. The van der Waals surface area contributed by atoms with Gasteiger partial charge in [-0.3, -0.25) is 9.59 Å². The first kappa shape index (κ1) is 14.2. The Bertz CT molecular complexity index is 600. The van der Waals surface area contributed by atoms with Gasteiger partial charge in [0.2, 0.25) is 11.7 Å². The molecule has 1 aliphatic heterocycles. The summed E-state index contributed by atoms with van der Waals surface area (Å²) < 4.78 is 9.96. The standard InChI is InChI=1S/C12H12BNO6/c1-6(15)12(17)20-9-4-3-8-5-19-13(18)10(8)11(9)14-7(2)16/h3-4,18H,5H2,1-2H3,(H,14,16). The van der Waals surface area contributed by atoms with Gasteiger partial charge in [-0.25, -0.2) is 4.79 Å². The number of ether oxygens (including phenoxy) is 1. The van der Waals surface area contributed by atoms with Crippen LogP contribution >= 0.6 is 0 Å². The highest BCUT2D eigenvalue weighted by molar-refractivity contribution is 6.64. The third kappa shape index (κ3) is 2.71. The molecule has 2 N–H and O–H groups in total. The minimum absolute atomic E-state index is 0.0105. The van der Waals surface area contributed by atoms with Crippen molar-refractivity contribution in [1.29, 1.82) is 0 Å². The normalized spacial score (nSPS) is 12.8. The number of Topliss-reactive ketones (excluding diaryl/α,β-unsaturated/α-hetero) is 1. The van der Waals surface area contributed by atoms with Crippen molar-refractivity contribution in [3.63, 3.8) is 0 Å². The van der Waals surface area contributed by atoms with Crippen molar-refractivity contribution in [3.05, 3.63) is 17.7 Å². The van der Waals surface area contributed by atoms with Crippen LogP contribution < -0.4 is 15.5 Å². The zero-order valence-electron chi connectivity index (χ0n) is 10.9. The second-order valence-corrected chi connectivity index (χ2v) is 4.30. The molecule has 0 bridgehead atoms. The molecule has 0 aromatic heterocycles. The first-order chi connectivity index (χ1) is 9.40. The predicted molar refractivity (Wildman–Crippen MR) is 69.5 cm³/mol. The van der Waals surface area contributed by atoms with Crippen molar-refractivity contribution in [1.82, 2.24) is 0 Å². The van der Waals surface area contributed by atoms with E-state index in [2.05, 4.69) is 5.32 Å². The second kappa shape index (κ2) is 5.44. The highest BCUT2D eigenvalue weighted by Gasteiger charge is 2.33. The molecule has 0 atom stereocenters. The first-order valence-corrected chi connectivity index (χ1v) is 5.86. The molecule has 1 aliphatic rings. The van der Waals surface area contributed by atoms with Gasteiger partial charge in [-0.15, -0.1) is 0 Å². The Kier molecular flexibility index (Phi) is 3.87. The Hall–Kier alpha value is -2.19. The summed E-state index contributed by atoms with van der Waals surface area (Å²) in [5.74, 6) is -2.23. The van der Waals surface area contributed by atoms with Crippen LogP contribution in [-0.4, -0.2) is 29.8 Å². The van der Waals surface area contributed by atoms with Gasteiger partial charge in [-0.1, -0.05) is 6.07 Å². The fourth-order valence-electron chi connectivity index (χ4n) is 1.86. The van der Waals surface area contributed by atoms with Crippen LogP contribution in [0, 0.1) is 0 Å². The lowest BCUT2D eigenvalue weighted by molar-refractivity contribution is -0.146. The summed E-state index contributed by atoms with van der Waals surface area (Å²) in [6.07, 6.45) is 0. The van der Waals surface area contributed by atoms with Gasteiger partial charge in [0.05, 0.1) is 12.3 Å². The molecule has 104 valence electrons. The van der Waals surface area contributed by atoms with Crippen LogP contribution in [0.15, 0.2) is 12.1 Å². The van der Waals surface area contributed by atoms with Gasteiger partial charge in [0, 0.05) is 19.3 Å². The van der Waals surface area contributed by atoms with Gasteiger partial charge in [0.1, 0.15) is 0 Å². The van der Waals surface area contributed by atoms with Gasteiger partial charge in [0.25, 0.3) is 0 Å². The molecule has 8 heteroatoms. The van der Waals surface area contributed by atoms with E-state index in [4.69, 9.17) is 9.39 Å². The van der Waals surface area contributed by atoms with E-state index < -0.39 is 24.8 Å². The van der Waals surface area contributed by atoms with E-state index in [1.165, 1.54) is 13.0 Å². The van der Waals surface area contributed by atoms with Crippen molar-refractivity contribution >= 4 is 35.9 Å². The predicted octanol–water partition coefficient (Wildman–Crippen LogP) is -0.643. The largest absolute Gasteiger partial charge is 0.494 e. The molecule has 7 nitrogen and oxygen atoms in total. The zero-order valence-corrected chi connectivity index (χ0v) is 10.9. The molecule has 1 amide bonds. The maximum absolute atomic E-state index is 11.4. The molecule has 0 saturated carbocycles. The van der Waals surface area contributed by atoms with E-state index in [9.17, 15) is 19.4 Å². The Morgan fingerprint density at radius 2 is 2.05 bits per heavy atom. The van der Waals surface area contributed by atoms with Crippen LogP contribution in [0.2, 0.25) is 0 Å². The minimum Gasteiger partial charge on any atom is -0.423 e. The Morgan fingerprint density at radius 3 is 2.65 bits per heavy atom. The number of carbonyl (C=O) groups excluding carboxylic acids is 3. The molecule has 1 aromatic rings. The number of hydrogen-bond acceptors (Lipinski definition) is 6. The smallest absolute Gasteiger partial charge is 0.423 e. The van der Waals surface area contributed by atoms with Gasteiger partial charge in [-0.05, 0) is 11.6 Å². The van der Waals surface area contributed by atoms with E-state index >= 15 is 0 Å². The Morgan fingerprint density at radius 1 is 1.35 bits per heavy atom. The van der Waals surface area contributed by atoms with Crippen molar-refractivity contribution < 1.29 is 28.8 Å². The summed E-state index contributed by atoms with van der Waals surface area (Å²) in [4.78, 5) is 33.5. The van der Waals surface area contributed by atoms with Crippen LogP contribution in [0.4, 0.5) is 5.69 Å². The summed E-state index contributed by atoms with van der Waals surface area (Å²) in [5.41, 5.74) is 1.13. The Labute approximate surface area is 115 Å². The van der Waals surface area contributed by atoms with E-state index in [1.807, 2.05) is 0 Å². The average Bonchev–Trinajstić information content (AvgIpc) is 2.73. The molecule has 0 unspecified atom stereocenters. The van der Waals surface area contributed by atoms with E-state index in [1.54, 1.807) is 6.07 Å². The summed E-state index contributed by atoms with van der Waals surface area (Å²) in [6, 6.07) is 3.03. The van der Waals surface area contributed by atoms with Crippen LogP contribution in [0.3, 0.4) is 0 Å². The van der Waals surface area contributed by atoms with E-state index in [0.29, 0.717) is 11.0 Å². The molecule has 0 radical (unpaired) electrons. The maximum atomic E-state index is 11.4. The molecule has 0 saturated heterocycles. The van der Waals surface area contributed by atoms with E-state index in [-0.39, 0.29) is 18.0 Å². The average molecular weight is 277 g/mol. The van der Waals surface area contributed by atoms with Crippen molar-refractivity contribution in [2.75, 3.05) is 5.32 Å². The maximum Gasteiger partial charge on any atom is 0.494 e. The third-order valence-electron chi connectivity index (χ3n) is 2.73. The van der Waals surface area contributed by atoms with Gasteiger partial charge in [0.15, 0.2) is 5.75 Å². The van der Waals surface area contributed by atoms with Crippen molar-refractivity contribution in [2.45, 2.75) is 20.5 Å². The van der Waals surface area contributed by atoms with E-state index in [0.717, 1.165) is 6.92 Å². The number of nitrogens with one attached hydrogen (secondary N) is 1. The zero-order chi connectivity index (χ0) is 14.9. The fraction of sp³-hybridized carbons (Fsp3) is 0.250. The Balaban J connectivity index is 2.46. The number of ketones is 1. The van der Waals surface area contributed by atoms with Gasteiger partial charge < -0.3 is 19.7 Å². The highest BCUT2D eigenvalue weighted by atomic mass is 16.5. The minimum atomic E-state index is -1.22. The van der Waals surface area contributed by atoms with Crippen LogP contribution in [0.1, 0.15) is 19.4 Å². The summed E-state index contributed by atoms with van der Waals surface area (Å²) in [5, 5.41) is 12.2. The molecular formula is C12H12BNO6. The molecule has 1 heterocycles. The lowest BCUT2D eigenvalue weighted by Crippen LogP contribution is -2.32. The molecule has 0 fully saturated rings. The van der Waals surface area contributed by atoms with Crippen LogP contribution in [0.25, 0.3) is 0 Å². The molecule has 20 heavy (non-hydrogen) atoms. The number of fused-ring (bicyclic) bond motifs is 1. The second-order valence-electron chi connectivity index (χ2n) is 4.30. The first-order valence-electron chi connectivity index (χ1n) is 5.86. The third-order valence-corrected chi connectivity index (χ3v) is 2.73. The SMILES string of the molecule is CC(=O)Nc1c(OC(=O)C(C)=O)ccc2c1B(O)OC2.